The van der Waals surface area contributed by atoms with Crippen LogP contribution in [0.5, 0.6) is 0 Å². The molecule has 0 saturated carbocycles. The smallest absolute Gasteiger partial charge is 0.322 e. The third-order valence-electron chi connectivity index (χ3n) is 5.41. The normalized spacial score (nSPS) is 16.3. The number of piperidine rings is 1. The van der Waals surface area contributed by atoms with Crippen LogP contribution in [0.15, 0.2) is 53.4 Å². The quantitative estimate of drug-likeness (QED) is 0.321. The van der Waals surface area contributed by atoms with Crippen LogP contribution in [0.1, 0.15) is 12.0 Å². The maximum atomic E-state index is 12.7. The van der Waals surface area contributed by atoms with Crippen LogP contribution in [-0.4, -0.2) is 73.3 Å². The van der Waals surface area contributed by atoms with E-state index in [9.17, 15) is 27.6 Å². The highest BCUT2D eigenvalue weighted by Crippen LogP contribution is 2.23. The first kappa shape index (κ1) is 26.0. The summed E-state index contributed by atoms with van der Waals surface area (Å²) < 4.78 is 26.5. The van der Waals surface area contributed by atoms with Crippen LogP contribution >= 0.6 is 0 Å². The molecular formula is C23H25N3O8S. The van der Waals surface area contributed by atoms with E-state index in [1.54, 1.807) is 36.4 Å². The number of aliphatic carboxylic acids is 1. The molecule has 4 N–H and O–H groups in total. The van der Waals surface area contributed by atoms with Crippen LogP contribution in [0.25, 0.3) is 11.1 Å². The van der Waals surface area contributed by atoms with Gasteiger partial charge in [0.05, 0.1) is 11.5 Å². The monoisotopic (exact) mass is 503 g/mol. The number of hydrogen-bond acceptors (Lipinski definition) is 7. The van der Waals surface area contributed by atoms with Crippen molar-refractivity contribution in [2.24, 2.45) is 5.92 Å². The first-order valence-corrected chi connectivity index (χ1v) is 12.2. The Bertz CT molecular complexity index is 1210. The molecule has 2 aromatic rings. The number of amides is 2. The highest BCUT2D eigenvalue weighted by Gasteiger charge is 2.40. The van der Waals surface area contributed by atoms with Crippen LogP contribution in [0, 0.1) is 5.92 Å². The summed E-state index contributed by atoms with van der Waals surface area (Å²) in [6.45, 7) is -0.733. The number of likely N-dealkylation sites (tertiary alicyclic amines) is 1. The van der Waals surface area contributed by atoms with E-state index in [1.165, 1.54) is 17.0 Å². The van der Waals surface area contributed by atoms with Gasteiger partial charge in [0, 0.05) is 26.1 Å². The predicted molar refractivity (Wildman–Crippen MR) is 123 cm³/mol. The zero-order valence-corrected chi connectivity index (χ0v) is 19.5. The second-order valence-corrected chi connectivity index (χ2v) is 9.63. The van der Waals surface area contributed by atoms with E-state index in [2.05, 4.69) is 10.0 Å². The van der Waals surface area contributed by atoms with Gasteiger partial charge in [0.2, 0.25) is 21.8 Å². The number of carboxylic acid groups (broad SMARTS) is 1. The van der Waals surface area contributed by atoms with Crippen molar-refractivity contribution in [1.82, 2.24) is 14.9 Å². The lowest BCUT2D eigenvalue weighted by Crippen LogP contribution is -2.52. The van der Waals surface area contributed by atoms with E-state index in [-0.39, 0.29) is 37.6 Å². The fourth-order valence-electron chi connectivity index (χ4n) is 3.61. The fourth-order valence-corrected chi connectivity index (χ4v) is 4.63. The topological polar surface area (TPSA) is 170 Å². The van der Waals surface area contributed by atoms with Crippen molar-refractivity contribution in [3.63, 3.8) is 0 Å². The Kier molecular flexibility index (Phi) is 8.33. The second kappa shape index (κ2) is 11.2. The second-order valence-electron chi connectivity index (χ2n) is 7.86. The van der Waals surface area contributed by atoms with Gasteiger partial charge < -0.3 is 20.4 Å². The summed E-state index contributed by atoms with van der Waals surface area (Å²) in [4.78, 5) is 49.1. The molecule has 0 aromatic heterocycles. The lowest BCUT2D eigenvalue weighted by Gasteiger charge is -2.30. The van der Waals surface area contributed by atoms with Gasteiger partial charge in [0.15, 0.2) is 11.7 Å². The first-order valence-electron chi connectivity index (χ1n) is 10.7. The van der Waals surface area contributed by atoms with E-state index >= 15 is 0 Å². The van der Waals surface area contributed by atoms with Crippen molar-refractivity contribution in [2.75, 3.05) is 26.2 Å². The number of nitrogens with zero attached hydrogens (tertiary/aromatic N) is 1. The molecule has 12 heteroatoms. The number of aliphatic hydroxyl groups excluding tert-OH is 1. The van der Waals surface area contributed by atoms with Crippen LogP contribution in [0.4, 0.5) is 0 Å². The standard InChI is InChI=1S/C23H25N3O8S/c27-12-10-25-35(33,34)18-7-5-17(6-8-18)16-3-1-15(2-4-16)14-26-11-9-19(28)21(23(26)32)22(31)24-13-20(29)30/h1-8,21,25,27H,9-14H2,(H,24,31)(H,29,30). The molecule has 1 atom stereocenters. The molecule has 1 aliphatic heterocycles. The Morgan fingerprint density at radius 3 is 2.17 bits per heavy atom. The summed E-state index contributed by atoms with van der Waals surface area (Å²) in [5.74, 6) is -4.95. The molecule has 2 aromatic carbocycles. The van der Waals surface area contributed by atoms with Crippen LogP contribution in [-0.2, 0) is 35.7 Å². The fraction of sp³-hybridized carbons (Fsp3) is 0.304. The van der Waals surface area contributed by atoms with Crippen molar-refractivity contribution in [2.45, 2.75) is 17.9 Å². The number of Topliss-reactive ketones (excluding diaryl/α,β-unsaturated/α-hetero) is 1. The maximum absolute atomic E-state index is 12.7. The van der Waals surface area contributed by atoms with Crippen LogP contribution in [0.3, 0.4) is 0 Å². The molecule has 0 spiro atoms. The Morgan fingerprint density at radius 1 is 1.00 bits per heavy atom. The average Bonchev–Trinajstić information content (AvgIpc) is 2.84. The number of sulfonamides is 1. The lowest BCUT2D eigenvalue weighted by atomic mass is 9.94. The molecule has 11 nitrogen and oxygen atoms in total. The van der Waals surface area contributed by atoms with Gasteiger partial charge in [-0.05, 0) is 28.8 Å². The molecule has 186 valence electrons. The van der Waals surface area contributed by atoms with Gasteiger partial charge in [-0.3, -0.25) is 19.2 Å². The first-order chi connectivity index (χ1) is 16.6. The van der Waals surface area contributed by atoms with E-state index in [1.807, 2.05) is 0 Å². The van der Waals surface area contributed by atoms with Gasteiger partial charge in [0.1, 0.15) is 6.54 Å². The molecule has 1 aliphatic rings. The Labute approximate surface area is 201 Å². The molecule has 1 fully saturated rings. The number of benzene rings is 2. The lowest BCUT2D eigenvalue weighted by molar-refractivity contribution is -0.152. The number of carbonyl (C=O) groups excluding carboxylic acids is 3. The van der Waals surface area contributed by atoms with Gasteiger partial charge in [-0.15, -0.1) is 0 Å². The molecule has 1 heterocycles. The zero-order chi connectivity index (χ0) is 25.6. The molecule has 0 aliphatic carbocycles. The highest BCUT2D eigenvalue weighted by atomic mass is 32.2. The Balaban J connectivity index is 1.67. The number of aliphatic hydroxyl groups is 1. The predicted octanol–water partition coefficient (Wildman–Crippen LogP) is -0.257. The molecule has 0 radical (unpaired) electrons. The maximum Gasteiger partial charge on any atom is 0.322 e. The van der Waals surface area contributed by atoms with Gasteiger partial charge in [-0.25, -0.2) is 13.1 Å². The summed E-state index contributed by atoms with van der Waals surface area (Å²) in [6, 6.07) is 13.4. The minimum Gasteiger partial charge on any atom is -0.480 e. The molecule has 35 heavy (non-hydrogen) atoms. The van der Waals surface area contributed by atoms with Crippen molar-refractivity contribution in [1.29, 1.82) is 0 Å². The average molecular weight is 504 g/mol. The summed E-state index contributed by atoms with van der Waals surface area (Å²) in [5, 5.41) is 19.6. The Morgan fingerprint density at radius 2 is 1.60 bits per heavy atom. The molecule has 2 amide bonds. The van der Waals surface area contributed by atoms with Gasteiger partial charge in [-0.2, -0.15) is 0 Å². The summed E-state index contributed by atoms with van der Waals surface area (Å²) in [5.41, 5.74) is 2.34. The summed E-state index contributed by atoms with van der Waals surface area (Å²) in [6.07, 6.45) is -0.00258. The minimum absolute atomic E-state index is 0.00258. The van der Waals surface area contributed by atoms with E-state index in [0.717, 1.165) is 16.7 Å². The third-order valence-corrected chi connectivity index (χ3v) is 6.89. The van der Waals surface area contributed by atoms with E-state index in [4.69, 9.17) is 10.2 Å². The number of ketones is 1. The molecule has 1 unspecified atom stereocenters. The van der Waals surface area contributed by atoms with Crippen molar-refractivity contribution in [3.8, 4) is 11.1 Å². The van der Waals surface area contributed by atoms with E-state index < -0.39 is 46.1 Å². The van der Waals surface area contributed by atoms with E-state index in [0.29, 0.717) is 0 Å². The molecule has 0 bridgehead atoms. The zero-order valence-electron chi connectivity index (χ0n) is 18.6. The number of nitrogens with one attached hydrogen (secondary N) is 2. The van der Waals surface area contributed by atoms with Gasteiger partial charge >= 0.3 is 5.97 Å². The molecular weight excluding hydrogens is 478 g/mol. The number of carbonyl (C=O) groups is 4. The highest BCUT2D eigenvalue weighted by molar-refractivity contribution is 7.89. The summed E-state index contributed by atoms with van der Waals surface area (Å²) in [7, 11) is -3.70. The number of carboxylic acids is 1. The van der Waals surface area contributed by atoms with Gasteiger partial charge in [0.25, 0.3) is 0 Å². The molecule has 1 saturated heterocycles. The van der Waals surface area contributed by atoms with Crippen LogP contribution < -0.4 is 10.0 Å². The minimum atomic E-state index is -3.70. The van der Waals surface area contributed by atoms with Crippen LogP contribution in [0.2, 0.25) is 0 Å². The summed E-state index contributed by atoms with van der Waals surface area (Å²) >= 11 is 0. The molecule has 3 rings (SSSR count). The van der Waals surface area contributed by atoms with Crippen molar-refractivity contribution >= 4 is 33.6 Å². The Hall–Kier alpha value is -3.61. The van der Waals surface area contributed by atoms with Crippen molar-refractivity contribution in [3.05, 3.63) is 54.1 Å². The number of rotatable bonds is 10. The van der Waals surface area contributed by atoms with Crippen molar-refractivity contribution < 1.29 is 37.8 Å². The van der Waals surface area contributed by atoms with Gasteiger partial charge in [-0.1, -0.05) is 36.4 Å². The third kappa shape index (κ3) is 6.50. The number of hydrogen-bond donors (Lipinski definition) is 4. The largest absolute Gasteiger partial charge is 0.480 e. The SMILES string of the molecule is O=C(O)CNC(=O)C1C(=O)CCN(Cc2ccc(-c3ccc(S(=O)(=O)NCCO)cc3)cc2)C1=O.